The van der Waals surface area contributed by atoms with Crippen molar-refractivity contribution in [3.63, 3.8) is 0 Å². The molecular formula is C20H36N2O2. The number of morpholine rings is 1. The van der Waals surface area contributed by atoms with E-state index in [9.17, 15) is 4.79 Å². The average Bonchev–Trinajstić information content (AvgIpc) is 3.22. The first kappa shape index (κ1) is 18.2. The second kappa shape index (κ2) is 8.66. The molecule has 1 aliphatic heterocycles. The number of hydrogen-bond acceptors (Lipinski definition) is 3. The van der Waals surface area contributed by atoms with E-state index in [0.29, 0.717) is 17.9 Å². The summed E-state index contributed by atoms with van der Waals surface area (Å²) in [6.45, 7) is 9.03. The summed E-state index contributed by atoms with van der Waals surface area (Å²) in [6, 6.07) is 0.466. The van der Waals surface area contributed by atoms with Crippen molar-refractivity contribution < 1.29 is 9.53 Å². The third kappa shape index (κ3) is 4.32. The number of nitrogens with one attached hydrogen (secondary N) is 1. The second-order valence-corrected chi connectivity index (χ2v) is 8.24. The van der Waals surface area contributed by atoms with Crippen molar-refractivity contribution in [3.8, 4) is 0 Å². The summed E-state index contributed by atoms with van der Waals surface area (Å²) in [5, 5.41) is 3.29. The molecule has 1 amide bonds. The van der Waals surface area contributed by atoms with E-state index in [4.69, 9.17) is 4.74 Å². The monoisotopic (exact) mass is 336 g/mol. The SMILES string of the molecule is CCC(CC)C(CNC(=O)CC1CC2CCC1C2)N1CCOCC1. The lowest BCUT2D eigenvalue weighted by Crippen LogP contribution is -2.52. The smallest absolute Gasteiger partial charge is 0.220 e. The predicted octanol–water partition coefficient (Wildman–Crippen LogP) is 3.07. The lowest BCUT2D eigenvalue weighted by Gasteiger charge is -2.39. The lowest BCUT2D eigenvalue weighted by atomic mass is 9.86. The zero-order valence-electron chi connectivity index (χ0n) is 15.6. The first-order chi connectivity index (χ1) is 11.7. The van der Waals surface area contributed by atoms with Crippen molar-refractivity contribution >= 4 is 5.91 Å². The fraction of sp³-hybridized carbons (Fsp3) is 0.950. The van der Waals surface area contributed by atoms with Crippen molar-refractivity contribution in [1.82, 2.24) is 10.2 Å². The highest BCUT2D eigenvalue weighted by atomic mass is 16.5. The average molecular weight is 337 g/mol. The molecule has 3 aliphatic rings. The molecule has 138 valence electrons. The fourth-order valence-corrected chi connectivity index (χ4v) is 5.49. The van der Waals surface area contributed by atoms with Crippen molar-refractivity contribution in [1.29, 1.82) is 0 Å². The molecule has 4 unspecified atom stereocenters. The molecule has 3 rings (SSSR count). The first-order valence-electron chi connectivity index (χ1n) is 10.3. The van der Waals surface area contributed by atoms with E-state index in [1.54, 1.807) is 0 Å². The van der Waals surface area contributed by atoms with E-state index in [1.807, 2.05) is 0 Å². The van der Waals surface area contributed by atoms with Crippen LogP contribution in [0.15, 0.2) is 0 Å². The van der Waals surface area contributed by atoms with Gasteiger partial charge in [0.15, 0.2) is 0 Å². The van der Waals surface area contributed by atoms with E-state index in [-0.39, 0.29) is 5.91 Å². The largest absolute Gasteiger partial charge is 0.379 e. The maximum absolute atomic E-state index is 12.5. The Morgan fingerprint density at radius 3 is 2.50 bits per heavy atom. The Morgan fingerprint density at radius 2 is 1.92 bits per heavy atom. The van der Waals surface area contributed by atoms with Gasteiger partial charge in [-0.2, -0.15) is 0 Å². The number of carbonyl (C=O) groups excluding carboxylic acids is 1. The highest BCUT2D eigenvalue weighted by molar-refractivity contribution is 5.76. The Bertz CT molecular complexity index is 404. The van der Waals surface area contributed by atoms with E-state index in [0.717, 1.165) is 51.1 Å². The molecule has 24 heavy (non-hydrogen) atoms. The first-order valence-corrected chi connectivity index (χ1v) is 10.3. The van der Waals surface area contributed by atoms with Gasteiger partial charge < -0.3 is 10.1 Å². The molecule has 2 saturated carbocycles. The van der Waals surface area contributed by atoms with Crippen LogP contribution >= 0.6 is 0 Å². The molecule has 4 nitrogen and oxygen atoms in total. The van der Waals surface area contributed by atoms with E-state index in [2.05, 4.69) is 24.1 Å². The van der Waals surface area contributed by atoms with E-state index in [1.165, 1.54) is 38.5 Å². The van der Waals surface area contributed by atoms with E-state index >= 15 is 0 Å². The summed E-state index contributed by atoms with van der Waals surface area (Å²) in [5.41, 5.74) is 0. The number of carbonyl (C=O) groups is 1. The Labute approximate surface area is 147 Å². The summed E-state index contributed by atoms with van der Waals surface area (Å²) in [6.07, 6.45) is 8.60. The Morgan fingerprint density at radius 1 is 1.17 bits per heavy atom. The van der Waals surface area contributed by atoms with Crippen LogP contribution in [0, 0.1) is 23.7 Å². The standard InChI is InChI=1S/C20H36N2O2/c1-3-16(4-2)19(22-7-9-24-10-8-22)14-21-20(23)13-18-12-15-5-6-17(18)11-15/h15-19H,3-14H2,1-2H3,(H,21,23). The highest BCUT2D eigenvalue weighted by Gasteiger charge is 2.40. The molecule has 0 radical (unpaired) electrons. The van der Waals surface area contributed by atoms with Gasteiger partial charge in [0.25, 0.3) is 0 Å². The van der Waals surface area contributed by atoms with Crippen molar-refractivity contribution in [3.05, 3.63) is 0 Å². The quantitative estimate of drug-likeness (QED) is 0.741. The molecule has 0 spiro atoms. The normalized spacial score (nSPS) is 31.5. The molecular weight excluding hydrogens is 300 g/mol. The highest BCUT2D eigenvalue weighted by Crippen LogP contribution is 2.49. The van der Waals surface area contributed by atoms with Gasteiger partial charge in [-0.1, -0.05) is 33.1 Å². The van der Waals surface area contributed by atoms with Gasteiger partial charge in [0.1, 0.15) is 0 Å². The van der Waals surface area contributed by atoms with Gasteiger partial charge in [0.2, 0.25) is 5.91 Å². The Hall–Kier alpha value is -0.610. The van der Waals surface area contributed by atoms with Crippen molar-refractivity contribution in [2.45, 2.75) is 64.8 Å². The van der Waals surface area contributed by atoms with Crippen LogP contribution in [-0.2, 0) is 9.53 Å². The number of fused-ring (bicyclic) bond motifs is 2. The van der Waals surface area contributed by atoms with Gasteiger partial charge in [0, 0.05) is 32.1 Å². The number of amides is 1. The maximum atomic E-state index is 12.5. The third-order valence-electron chi connectivity index (χ3n) is 6.95. The Kier molecular flexibility index (Phi) is 6.56. The van der Waals surface area contributed by atoms with Crippen molar-refractivity contribution in [2.75, 3.05) is 32.8 Å². The minimum atomic E-state index is 0.289. The third-order valence-corrected chi connectivity index (χ3v) is 6.95. The zero-order chi connectivity index (χ0) is 16.9. The predicted molar refractivity (Wildman–Crippen MR) is 96.8 cm³/mol. The van der Waals surface area contributed by atoms with Crippen LogP contribution in [0.2, 0.25) is 0 Å². The summed E-state index contributed by atoms with van der Waals surface area (Å²) < 4.78 is 5.51. The summed E-state index contributed by atoms with van der Waals surface area (Å²) >= 11 is 0. The van der Waals surface area contributed by atoms with Crippen LogP contribution in [0.4, 0.5) is 0 Å². The summed E-state index contributed by atoms with van der Waals surface area (Å²) in [7, 11) is 0. The minimum Gasteiger partial charge on any atom is -0.379 e. The van der Waals surface area contributed by atoms with Gasteiger partial charge in [-0.15, -0.1) is 0 Å². The molecule has 2 bridgehead atoms. The molecule has 4 atom stereocenters. The van der Waals surface area contributed by atoms with Crippen molar-refractivity contribution in [2.24, 2.45) is 23.7 Å². The van der Waals surface area contributed by atoms with Crippen LogP contribution in [0.3, 0.4) is 0 Å². The van der Waals surface area contributed by atoms with Crippen LogP contribution in [0.5, 0.6) is 0 Å². The van der Waals surface area contributed by atoms with E-state index < -0.39 is 0 Å². The molecule has 1 N–H and O–H groups in total. The van der Waals surface area contributed by atoms with Crippen LogP contribution in [0.25, 0.3) is 0 Å². The number of ether oxygens (including phenoxy) is 1. The van der Waals surface area contributed by atoms with Gasteiger partial charge in [-0.3, -0.25) is 9.69 Å². The molecule has 2 aliphatic carbocycles. The number of nitrogens with zero attached hydrogens (tertiary/aromatic N) is 1. The number of rotatable bonds is 8. The number of hydrogen-bond donors (Lipinski definition) is 1. The van der Waals surface area contributed by atoms with Crippen LogP contribution < -0.4 is 5.32 Å². The van der Waals surface area contributed by atoms with Gasteiger partial charge in [0.05, 0.1) is 13.2 Å². The summed E-state index contributed by atoms with van der Waals surface area (Å²) in [4.78, 5) is 15.0. The molecule has 1 saturated heterocycles. The minimum absolute atomic E-state index is 0.289. The van der Waals surface area contributed by atoms with Gasteiger partial charge in [-0.25, -0.2) is 0 Å². The lowest BCUT2D eigenvalue weighted by molar-refractivity contribution is -0.122. The van der Waals surface area contributed by atoms with Gasteiger partial charge >= 0.3 is 0 Å². The molecule has 1 heterocycles. The molecule has 0 aromatic heterocycles. The Balaban J connectivity index is 1.49. The van der Waals surface area contributed by atoms with Gasteiger partial charge in [-0.05, 0) is 42.9 Å². The van der Waals surface area contributed by atoms with Crippen LogP contribution in [0.1, 0.15) is 58.8 Å². The molecule has 0 aromatic rings. The molecule has 0 aromatic carbocycles. The topological polar surface area (TPSA) is 41.6 Å². The fourth-order valence-electron chi connectivity index (χ4n) is 5.49. The second-order valence-electron chi connectivity index (χ2n) is 8.24. The summed E-state index contributed by atoms with van der Waals surface area (Å²) in [5.74, 6) is 3.38. The molecule has 3 fully saturated rings. The maximum Gasteiger partial charge on any atom is 0.220 e. The molecule has 4 heteroatoms. The zero-order valence-corrected chi connectivity index (χ0v) is 15.6. The van der Waals surface area contributed by atoms with Crippen LogP contribution in [-0.4, -0.2) is 49.7 Å².